The van der Waals surface area contributed by atoms with Crippen LogP contribution in [0.1, 0.15) is 226 Å². The Bertz CT molecular complexity index is 1030. The number of hydrogen-bond acceptors (Lipinski definition) is 5. The third kappa shape index (κ3) is 40.1. The lowest BCUT2D eigenvalue weighted by Gasteiger charge is -2.24. The summed E-state index contributed by atoms with van der Waals surface area (Å²) in [6.45, 7) is 6.35. The lowest BCUT2D eigenvalue weighted by molar-refractivity contribution is -0.151. The van der Waals surface area contributed by atoms with Crippen LogP contribution in [0, 0.1) is 0 Å². The van der Waals surface area contributed by atoms with Crippen LogP contribution in [-0.2, 0) is 14.3 Å². The molecule has 6 nitrogen and oxygen atoms in total. The first kappa shape index (κ1) is 54.6. The van der Waals surface area contributed by atoms with Gasteiger partial charge in [0.05, 0.1) is 25.2 Å². The molecule has 3 N–H and O–H groups in total. The normalized spacial score (nSPS) is 13.8. The second-order valence-corrected chi connectivity index (χ2v) is 16.3. The van der Waals surface area contributed by atoms with Gasteiger partial charge in [-0.3, -0.25) is 9.59 Å². The van der Waals surface area contributed by atoms with Crippen LogP contribution in [0.15, 0.2) is 60.8 Å². The second kappa shape index (κ2) is 44.7. The van der Waals surface area contributed by atoms with Crippen molar-refractivity contribution in [2.45, 2.75) is 244 Å². The van der Waals surface area contributed by atoms with E-state index < -0.39 is 18.2 Å². The van der Waals surface area contributed by atoms with Gasteiger partial charge < -0.3 is 20.3 Å². The fourth-order valence-corrected chi connectivity index (χ4v) is 7.05. The van der Waals surface area contributed by atoms with Crippen LogP contribution < -0.4 is 5.32 Å². The molecule has 3 atom stereocenters. The topological polar surface area (TPSA) is 95.9 Å². The Morgan fingerprint density at radius 1 is 0.509 bits per heavy atom. The number of esters is 1. The lowest BCUT2D eigenvalue weighted by atomic mass is 10.0. The molecule has 0 fully saturated rings. The molecule has 0 radical (unpaired) electrons. The highest BCUT2D eigenvalue weighted by atomic mass is 16.5. The molecule has 0 rings (SSSR count). The smallest absolute Gasteiger partial charge is 0.306 e. The fourth-order valence-electron chi connectivity index (χ4n) is 7.05. The number of carbonyl (C=O) groups excluding carboxylic acids is 2. The third-order valence-corrected chi connectivity index (χ3v) is 10.7. The Morgan fingerprint density at radius 3 is 1.42 bits per heavy atom. The number of rotatable bonds is 42. The van der Waals surface area contributed by atoms with E-state index in [1.54, 1.807) is 0 Å². The number of aliphatic hydroxyl groups excluding tert-OH is 2. The Kier molecular flexibility index (Phi) is 42.7. The third-order valence-electron chi connectivity index (χ3n) is 10.7. The van der Waals surface area contributed by atoms with Crippen molar-refractivity contribution in [1.82, 2.24) is 5.32 Å². The molecule has 0 heterocycles. The molecule has 0 aromatic heterocycles. The summed E-state index contributed by atoms with van der Waals surface area (Å²) in [7, 11) is 0. The van der Waals surface area contributed by atoms with Gasteiger partial charge in [0.2, 0.25) is 5.91 Å². The van der Waals surface area contributed by atoms with Crippen molar-refractivity contribution in [2.24, 2.45) is 0 Å². The van der Waals surface area contributed by atoms with Crippen molar-refractivity contribution in [3.05, 3.63) is 60.8 Å². The molecule has 0 spiro atoms. The minimum atomic E-state index is -0.790. The van der Waals surface area contributed by atoms with Crippen molar-refractivity contribution in [3.63, 3.8) is 0 Å². The molecule has 0 bridgehead atoms. The van der Waals surface area contributed by atoms with Gasteiger partial charge in [0.15, 0.2) is 0 Å². The molecule has 0 aliphatic heterocycles. The number of nitrogens with one attached hydrogen (secondary N) is 1. The van der Waals surface area contributed by atoms with Crippen molar-refractivity contribution in [2.75, 3.05) is 6.61 Å². The molecule has 0 aliphatic rings. The number of unbranched alkanes of at least 4 members (excludes halogenated alkanes) is 24. The minimum absolute atomic E-state index is 0.0658. The molecule has 6 heteroatoms. The average Bonchev–Trinajstić information content (AvgIpc) is 3.20. The Balaban J connectivity index is 4.46. The quantitative estimate of drug-likeness (QED) is 0.0325. The second-order valence-electron chi connectivity index (χ2n) is 16.3. The Labute approximate surface area is 352 Å². The monoisotopic (exact) mass is 798 g/mol. The van der Waals surface area contributed by atoms with Gasteiger partial charge in [0, 0.05) is 6.42 Å². The highest BCUT2D eigenvalue weighted by molar-refractivity contribution is 5.77. The van der Waals surface area contributed by atoms with E-state index in [0.717, 1.165) is 83.5 Å². The standard InChI is InChI=1S/C51H91NO5/c1-4-7-10-13-16-18-20-22-23-24-25-26-28-30-32-35-38-41-44-51(56)57-47(42-39-36-33-15-12-9-6-3)45-50(55)52-48(46-53)49(54)43-40-37-34-31-29-27-21-19-17-14-11-8-5-2/h10,13,16,18,20,22-26,47-49,53-54H,4-9,11-12,14-15,17,19,21,27-46H2,1-3H3,(H,52,55)/b13-10+,18-16+,22-20+,24-23+,26-25+. The van der Waals surface area contributed by atoms with Gasteiger partial charge in [-0.2, -0.15) is 0 Å². The summed E-state index contributed by atoms with van der Waals surface area (Å²) in [6.07, 6.45) is 54.2. The van der Waals surface area contributed by atoms with Gasteiger partial charge in [-0.05, 0) is 44.9 Å². The summed E-state index contributed by atoms with van der Waals surface area (Å²) < 4.78 is 5.88. The van der Waals surface area contributed by atoms with Crippen LogP contribution in [0.3, 0.4) is 0 Å². The SMILES string of the molecule is CCC/C=C/C=C/C=C/C=C/C=C/CCCCCCCC(=O)OC(CCCCCCCCC)CC(=O)NC(CO)C(O)CCCCCCCCCCCCCCC. The average molecular weight is 798 g/mol. The van der Waals surface area contributed by atoms with E-state index in [4.69, 9.17) is 4.74 Å². The van der Waals surface area contributed by atoms with Crippen LogP contribution in [0.5, 0.6) is 0 Å². The molecule has 1 amide bonds. The Morgan fingerprint density at radius 2 is 0.930 bits per heavy atom. The van der Waals surface area contributed by atoms with E-state index in [-0.39, 0.29) is 24.9 Å². The van der Waals surface area contributed by atoms with E-state index in [9.17, 15) is 19.8 Å². The minimum Gasteiger partial charge on any atom is -0.462 e. The van der Waals surface area contributed by atoms with E-state index >= 15 is 0 Å². The predicted molar refractivity (Wildman–Crippen MR) is 245 cm³/mol. The number of aliphatic hydroxyl groups is 2. The molecule has 0 aliphatic carbocycles. The zero-order valence-electron chi connectivity index (χ0n) is 37.5. The van der Waals surface area contributed by atoms with E-state index in [1.165, 1.54) is 96.3 Å². The van der Waals surface area contributed by atoms with Gasteiger partial charge in [-0.25, -0.2) is 0 Å². The maximum Gasteiger partial charge on any atom is 0.306 e. The lowest BCUT2D eigenvalue weighted by Crippen LogP contribution is -2.46. The number of hydrogen-bond donors (Lipinski definition) is 3. The largest absolute Gasteiger partial charge is 0.462 e. The fraction of sp³-hybridized carbons (Fsp3) is 0.765. The first-order valence-corrected chi connectivity index (χ1v) is 24.1. The van der Waals surface area contributed by atoms with Crippen molar-refractivity contribution in [1.29, 1.82) is 0 Å². The zero-order chi connectivity index (χ0) is 41.7. The molecule has 3 unspecified atom stereocenters. The molecular weight excluding hydrogens is 707 g/mol. The molecule has 57 heavy (non-hydrogen) atoms. The van der Waals surface area contributed by atoms with Crippen molar-refractivity contribution < 1.29 is 24.5 Å². The molecule has 330 valence electrons. The highest BCUT2D eigenvalue weighted by Gasteiger charge is 2.24. The van der Waals surface area contributed by atoms with Gasteiger partial charge in [-0.1, -0.05) is 229 Å². The predicted octanol–water partition coefficient (Wildman–Crippen LogP) is 14.1. The van der Waals surface area contributed by atoms with Gasteiger partial charge in [-0.15, -0.1) is 0 Å². The first-order chi connectivity index (χ1) is 28.0. The van der Waals surface area contributed by atoms with E-state index in [0.29, 0.717) is 19.3 Å². The molecule has 0 saturated heterocycles. The van der Waals surface area contributed by atoms with Crippen molar-refractivity contribution in [3.8, 4) is 0 Å². The summed E-state index contributed by atoms with van der Waals surface area (Å²) in [5.74, 6) is -0.507. The number of carbonyl (C=O) groups is 2. The number of amides is 1. The Hall–Kier alpha value is -2.44. The molecule has 0 aromatic rings. The summed E-state index contributed by atoms with van der Waals surface area (Å²) >= 11 is 0. The zero-order valence-corrected chi connectivity index (χ0v) is 37.5. The first-order valence-electron chi connectivity index (χ1n) is 24.1. The van der Waals surface area contributed by atoms with Crippen LogP contribution in [-0.4, -0.2) is 46.9 Å². The summed E-state index contributed by atoms with van der Waals surface area (Å²) in [4.78, 5) is 25.9. The van der Waals surface area contributed by atoms with Crippen molar-refractivity contribution >= 4 is 11.9 Å². The van der Waals surface area contributed by atoms with E-state index in [2.05, 4.69) is 62.5 Å². The summed E-state index contributed by atoms with van der Waals surface area (Å²) in [5.41, 5.74) is 0. The van der Waals surface area contributed by atoms with Crippen LogP contribution in [0.4, 0.5) is 0 Å². The maximum atomic E-state index is 13.1. The van der Waals surface area contributed by atoms with Gasteiger partial charge in [0.1, 0.15) is 6.10 Å². The van der Waals surface area contributed by atoms with Gasteiger partial charge >= 0.3 is 5.97 Å². The summed E-state index contributed by atoms with van der Waals surface area (Å²) in [5, 5.41) is 23.6. The molecule has 0 aromatic carbocycles. The molecular formula is C51H91NO5. The molecule has 0 saturated carbocycles. The van der Waals surface area contributed by atoms with Crippen LogP contribution >= 0.6 is 0 Å². The number of allylic oxidation sites excluding steroid dienone is 10. The van der Waals surface area contributed by atoms with Crippen LogP contribution in [0.25, 0.3) is 0 Å². The maximum absolute atomic E-state index is 13.1. The highest BCUT2D eigenvalue weighted by Crippen LogP contribution is 2.17. The summed E-state index contributed by atoms with van der Waals surface area (Å²) in [6, 6.07) is -0.704. The van der Waals surface area contributed by atoms with E-state index in [1.807, 2.05) is 24.3 Å². The van der Waals surface area contributed by atoms with Gasteiger partial charge in [0.25, 0.3) is 0 Å². The number of ether oxygens (including phenoxy) is 1. The van der Waals surface area contributed by atoms with Crippen LogP contribution in [0.2, 0.25) is 0 Å².